The Hall–Kier alpha value is -4.05. The van der Waals surface area contributed by atoms with Crippen LogP contribution in [0, 0.1) is 0 Å². The van der Waals surface area contributed by atoms with E-state index >= 15 is 0 Å². The van der Waals surface area contributed by atoms with E-state index in [1.807, 2.05) is 58.0 Å². The number of sulfonamides is 1. The quantitative estimate of drug-likeness (QED) is 0.308. The molecule has 3 aromatic rings. The summed E-state index contributed by atoms with van der Waals surface area (Å²) in [5.41, 5.74) is 0.688. The van der Waals surface area contributed by atoms with Crippen LogP contribution < -0.4 is 19.1 Å². The highest BCUT2D eigenvalue weighted by molar-refractivity contribution is 7.92. The van der Waals surface area contributed by atoms with Crippen molar-refractivity contribution in [1.82, 2.24) is 10.2 Å². The number of nitrogens with zero attached hydrogens (tertiary/aromatic N) is 2. The van der Waals surface area contributed by atoms with Crippen molar-refractivity contribution in [3.05, 3.63) is 84.4 Å². The van der Waals surface area contributed by atoms with Crippen LogP contribution in [0.5, 0.6) is 11.5 Å². The molecule has 2 amide bonds. The van der Waals surface area contributed by atoms with Crippen LogP contribution in [0.15, 0.2) is 83.8 Å². The topological polar surface area (TPSA) is 105 Å². The number of carbonyl (C=O) groups is 2. The number of para-hydroxylation sites is 2. The molecule has 0 aliphatic carbocycles. The van der Waals surface area contributed by atoms with E-state index in [0.717, 1.165) is 9.87 Å². The number of rotatable bonds is 13. The first-order valence-electron chi connectivity index (χ1n) is 13.9. The van der Waals surface area contributed by atoms with Crippen LogP contribution >= 0.6 is 0 Å². The summed E-state index contributed by atoms with van der Waals surface area (Å²) < 4.78 is 39.9. The van der Waals surface area contributed by atoms with Gasteiger partial charge in [0.05, 0.1) is 24.8 Å². The van der Waals surface area contributed by atoms with Crippen LogP contribution in [-0.4, -0.2) is 64.0 Å². The molecule has 1 unspecified atom stereocenters. The second kappa shape index (κ2) is 14.2. The second-order valence-electron chi connectivity index (χ2n) is 10.8. The number of methoxy groups -OCH3 is 2. The molecule has 0 aliphatic heterocycles. The SMILES string of the molecule is CCC(C(=O)NC(C)(C)C)N(CCc1ccccc1)C(=O)CN(c1ccccc1OC)S(=O)(=O)c1ccc(OC)cc1. The molecular formula is C32H41N3O6S. The number of carbonyl (C=O) groups excluding carboxylic acids is 2. The zero-order chi connectivity index (χ0) is 30.9. The van der Waals surface area contributed by atoms with E-state index in [1.54, 1.807) is 36.4 Å². The Labute approximate surface area is 249 Å². The zero-order valence-electron chi connectivity index (χ0n) is 25.2. The lowest BCUT2D eigenvalue weighted by Crippen LogP contribution is -2.56. The molecule has 0 fully saturated rings. The van der Waals surface area contributed by atoms with Crippen molar-refractivity contribution in [2.75, 3.05) is 31.6 Å². The minimum absolute atomic E-state index is 0.0182. The van der Waals surface area contributed by atoms with E-state index < -0.39 is 34.1 Å². The normalized spacial score (nSPS) is 12.2. The van der Waals surface area contributed by atoms with Gasteiger partial charge in [0.25, 0.3) is 10.0 Å². The van der Waals surface area contributed by atoms with Gasteiger partial charge >= 0.3 is 0 Å². The molecule has 0 saturated carbocycles. The van der Waals surface area contributed by atoms with Crippen LogP contribution in [0.25, 0.3) is 0 Å². The maximum atomic E-state index is 14.2. The molecule has 0 aromatic heterocycles. The highest BCUT2D eigenvalue weighted by Crippen LogP contribution is 2.33. The van der Waals surface area contributed by atoms with Crippen molar-refractivity contribution in [3.63, 3.8) is 0 Å². The molecule has 226 valence electrons. The summed E-state index contributed by atoms with van der Waals surface area (Å²) in [7, 11) is -1.31. The third-order valence-electron chi connectivity index (χ3n) is 6.65. The number of benzene rings is 3. The van der Waals surface area contributed by atoms with Crippen LogP contribution in [0.3, 0.4) is 0 Å². The lowest BCUT2D eigenvalue weighted by Gasteiger charge is -2.35. The van der Waals surface area contributed by atoms with Gasteiger partial charge in [0.1, 0.15) is 24.1 Å². The van der Waals surface area contributed by atoms with Gasteiger partial charge in [-0.05, 0) is 75.6 Å². The van der Waals surface area contributed by atoms with E-state index in [9.17, 15) is 18.0 Å². The van der Waals surface area contributed by atoms with Crippen LogP contribution in [0.1, 0.15) is 39.7 Å². The second-order valence-corrected chi connectivity index (χ2v) is 12.7. The molecule has 0 spiro atoms. The molecule has 3 aromatic carbocycles. The van der Waals surface area contributed by atoms with Gasteiger partial charge in [-0.3, -0.25) is 13.9 Å². The number of nitrogens with one attached hydrogen (secondary N) is 1. The van der Waals surface area contributed by atoms with Gasteiger partial charge in [0.2, 0.25) is 11.8 Å². The van der Waals surface area contributed by atoms with Crippen molar-refractivity contribution in [2.24, 2.45) is 0 Å². The standard InChI is InChI=1S/C32H41N3O6S/c1-7-27(31(37)33-32(2,3)4)34(22-21-24-13-9-8-10-14-24)30(36)23-35(28-15-11-12-16-29(28)41-6)42(38,39)26-19-17-25(40-5)18-20-26/h8-20,27H,7,21-23H2,1-6H3,(H,33,37). The van der Waals surface area contributed by atoms with Gasteiger partial charge < -0.3 is 19.7 Å². The fourth-order valence-electron chi connectivity index (χ4n) is 4.57. The number of anilines is 1. The largest absolute Gasteiger partial charge is 0.497 e. The van der Waals surface area contributed by atoms with Gasteiger partial charge in [-0.2, -0.15) is 0 Å². The minimum Gasteiger partial charge on any atom is -0.497 e. The summed E-state index contributed by atoms with van der Waals surface area (Å²) in [6, 6.07) is 21.4. The van der Waals surface area contributed by atoms with Crippen LogP contribution in [0.2, 0.25) is 0 Å². The Morgan fingerprint density at radius 3 is 2.07 bits per heavy atom. The molecule has 0 radical (unpaired) electrons. The summed E-state index contributed by atoms with van der Waals surface area (Å²) in [4.78, 5) is 29.1. The molecule has 1 N–H and O–H groups in total. The highest BCUT2D eigenvalue weighted by atomic mass is 32.2. The summed E-state index contributed by atoms with van der Waals surface area (Å²) in [6.07, 6.45) is 0.841. The van der Waals surface area contributed by atoms with Crippen molar-refractivity contribution in [2.45, 2.75) is 57.0 Å². The third-order valence-corrected chi connectivity index (χ3v) is 8.42. The van der Waals surface area contributed by atoms with Gasteiger partial charge in [-0.1, -0.05) is 49.4 Å². The minimum atomic E-state index is -4.24. The number of ether oxygens (including phenoxy) is 2. The maximum absolute atomic E-state index is 14.2. The average Bonchev–Trinajstić information content (AvgIpc) is 2.97. The predicted octanol–water partition coefficient (Wildman–Crippen LogP) is 4.66. The van der Waals surface area contributed by atoms with E-state index in [-0.39, 0.29) is 28.8 Å². The molecule has 10 heteroatoms. The summed E-state index contributed by atoms with van der Waals surface area (Å²) in [6.45, 7) is 7.14. The number of hydrogen-bond donors (Lipinski definition) is 1. The van der Waals surface area contributed by atoms with Gasteiger partial charge in [-0.15, -0.1) is 0 Å². The molecule has 3 rings (SSSR count). The van der Waals surface area contributed by atoms with Crippen molar-refractivity contribution in [3.8, 4) is 11.5 Å². The number of hydrogen-bond acceptors (Lipinski definition) is 6. The fourth-order valence-corrected chi connectivity index (χ4v) is 6.00. The first kappa shape index (κ1) is 32.5. The first-order chi connectivity index (χ1) is 19.9. The summed E-state index contributed by atoms with van der Waals surface area (Å²) in [5, 5.41) is 2.98. The molecule has 0 bridgehead atoms. The van der Waals surface area contributed by atoms with Gasteiger partial charge in [0, 0.05) is 12.1 Å². The Kier molecular flexibility index (Phi) is 11.0. The van der Waals surface area contributed by atoms with E-state index in [2.05, 4.69) is 5.32 Å². The first-order valence-corrected chi connectivity index (χ1v) is 15.3. The van der Waals surface area contributed by atoms with E-state index in [4.69, 9.17) is 9.47 Å². The molecule has 42 heavy (non-hydrogen) atoms. The predicted molar refractivity (Wildman–Crippen MR) is 164 cm³/mol. The Balaban J connectivity index is 2.06. The van der Waals surface area contributed by atoms with Gasteiger partial charge in [-0.25, -0.2) is 8.42 Å². The van der Waals surface area contributed by atoms with Crippen molar-refractivity contribution in [1.29, 1.82) is 0 Å². The zero-order valence-corrected chi connectivity index (χ0v) is 26.0. The Morgan fingerprint density at radius 2 is 1.50 bits per heavy atom. The molecule has 9 nitrogen and oxygen atoms in total. The Morgan fingerprint density at radius 1 is 0.881 bits per heavy atom. The molecular weight excluding hydrogens is 554 g/mol. The van der Waals surface area contributed by atoms with Crippen molar-refractivity contribution >= 4 is 27.5 Å². The average molecular weight is 596 g/mol. The molecule has 0 aliphatic rings. The Bertz CT molecular complexity index is 1440. The fraction of sp³-hybridized carbons (Fsp3) is 0.375. The molecule has 0 heterocycles. The maximum Gasteiger partial charge on any atom is 0.264 e. The smallest absolute Gasteiger partial charge is 0.264 e. The van der Waals surface area contributed by atoms with Crippen molar-refractivity contribution < 1.29 is 27.5 Å². The van der Waals surface area contributed by atoms with E-state index in [1.165, 1.54) is 31.3 Å². The molecule has 1 atom stereocenters. The summed E-state index contributed by atoms with van der Waals surface area (Å²) in [5.74, 6) is -0.0227. The highest BCUT2D eigenvalue weighted by Gasteiger charge is 2.35. The lowest BCUT2D eigenvalue weighted by molar-refractivity contribution is -0.140. The monoisotopic (exact) mass is 595 g/mol. The lowest BCUT2D eigenvalue weighted by atomic mass is 10.1. The van der Waals surface area contributed by atoms with E-state index in [0.29, 0.717) is 18.6 Å². The third kappa shape index (κ3) is 8.25. The van der Waals surface area contributed by atoms with Crippen LogP contribution in [-0.2, 0) is 26.0 Å². The summed E-state index contributed by atoms with van der Waals surface area (Å²) >= 11 is 0. The van der Waals surface area contributed by atoms with Crippen LogP contribution in [0.4, 0.5) is 5.69 Å². The number of amides is 2. The van der Waals surface area contributed by atoms with Gasteiger partial charge in [0.15, 0.2) is 0 Å². The molecule has 0 saturated heterocycles.